The number of rotatable bonds is 8. The van der Waals surface area contributed by atoms with E-state index in [1.165, 1.54) is 0 Å². The van der Waals surface area contributed by atoms with Crippen molar-refractivity contribution in [3.05, 3.63) is 29.8 Å². The van der Waals surface area contributed by atoms with Crippen molar-refractivity contribution in [2.75, 3.05) is 19.1 Å². The summed E-state index contributed by atoms with van der Waals surface area (Å²) in [5.41, 5.74) is 0.548. The minimum atomic E-state index is -0.300. The van der Waals surface area contributed by atoms with Crippen molar-refractivity contribution in [3.63, 3.8) is 0 Å². The summed E-state index contributed by atoms with van der Waals surface area (Å²) >= 11 is 5.59. The molecule has 0 radical (unpaired) electrons. The fourth-order valence-electron chi connectivity index (χ4n) is 1.47. The van der Waals surface area contributed by atoms with Gasteiger partial charge in [0.2, 0.25) is 0 Å². The Kier molecular flexibility index (Phi) is 7.26. The first-order valence-corrected chi connectivity index (χ1v) is 6.77. The van der Waals surface area contributed by atoms with Gasteiger partial charge in [-0.15, -0.1) is 11.6 Å². The number of carbonyl (C=O) groups is 1. The number of esters is 1. The minimum absolute atomic E-state index is 0.300. The third kappa shape index (κ3) is 5.41. The van der Waals surface area contributed by atoms with Crippen molar-refractivity contribution in [2.24, 2.45) is 0 Å². The van der Waals surface area contributed by atoms with Gasteiger partial charge in [0, 0.05) is 5.88 Å². The van der Waals surface area contributed by atoms with Gasteiger partial charge in [0.25, 0.3) is 0 Å². The van der Waals surface area contributed by atoms with Crippen molar-refractivity contribution in [2.45, 2.75) is 26.2 Å². The van der Waals surface area contributed by atoms with E-state index < -0.39 is 0 Å². The highest BCUT2D eigenvalue weighted by atomic mass is 35.5. The molecule has 0 aromatic heterocycles. The van der Waals surface area contributed by atoms with Gasteiger partial charge < -0.3 is 9.47 Å². The number of unbranched alkanes of at least 4 members (excludes halogenated alkanes) is 2. The highest BCUT2D eigenvalue weighted by molar-refractivity contribution is 6.17. The largest absolute Gasteiger partial charge is 0.494 e. The second kappa shape index (κ2) is 8.81. The molecule has 1 aromatic rings. The molecule has 0 heterocycles. The Hall–Kier alpha value is -1.22. The first kappa shape index (κ1) is 14.8. The van der Waals surface area contributed by atoms with E-state index in [0.29, 0.717) is 24.7 Å². The topological polar surface area (TPSA) is 35.5 Å². The van der Waals surface area contributed by atoms with E-state index in [-0.39, 0.29) is 5.97 Å². The maximum atomic E-state index is 11.4. The molecule has 18 heavy (non-hydrogen) atoms. The van der Waals surface area contributed by atoms with Crippen molar-refractivity contribution in [1.29, 1.82) is 0 Å². The summed E-state index contributed by atoms with van der Waals surface area (Å²) in [4.78, 5) is 11.4. The lowest BCUT2D eigenvalue weighted by molar-refractivity contribution is 0.0526. The monoisotopic (exact) mass is 270 g/mol. The second-order valence-corrected chi connectivity index (χ2v) is 4.22. The molecule has 0 saturated carbocycles. The van der Waals surface area contributed by atoms with Gasteiger partial charge in [0.1, 0.15) is 5.75 Å². The van der Waals surface area contributed by atoms with Crippen LogP contribution in [0, 0.1) is 0 Å². The predicted molar refractivity (Wildman–Crippen MR) is 72.5 cm³/mol. The van der Waals surface area contributed by atoms with E-state index >= 15 is 0 Å². The molecule has 0 unspecified atom stereocenters. The predicted octanol–water partition coefficient (Wildman–Crippen LogP) is 3.65. The fraction of sp³-hybridized carbons (Fsp3) is 0.500. The van der Waals surface area contributed by atoms with Crippen LogP contribution >= 0.6 is 11.6 Å². The molecule has 0 fully saturated rings. The second-order valence-electron chi connectivity index (χ2n) is 3.84. The van der Waals surface area contributed by atoms with E-state index in [9.17, 15) is 4.79 Å². The van der Waals surface area contributed by atoms with Crippen LogP contribution in [-0.4, -0.2) is 25.1 Å². The maximum absolute atomic E-state index is 11.4. The van der Waals surface area contributed by atoms with Gasteiger partial charge in [-0.1, -0.05) is 0 Å². The zero-order valence-electron chi connectivity index (χ0n) is 10.7. The zero-order valence-corrected chi connectivity index (χ0v) is 11.4. The molecule has 0 aliphatic rings. The summed E-state index contributed by atoms with van der Waals surface area (Å²) in [5.74, 6) is 1.17. The SMILES string of the molecule is CCOC(=O)c1ccc(OCCCCCCl)cc1. The van der Waals surface area contributed by atoms with Crippen molar-refractivity contribution in [3.8, 4) is 5.75 Å². The normalized spacial score (nSPS) is 10.1. The van der Waals surface area contributed by atoms with Crippen molar-refractivity contribution >= 4 is 17.6 Å². The zero-order chi connectivity index (χ0) is 13.2. The molecule has 1 aromatic carbocycles. The molecule has 0 spiro atoms. The Morgan fingerprint density at radius 3 is 2.50 bits per heavy atom. The third-order valence-corrected chi connectivity index (χ3v) is 2.68. The Balaban J connectivity index is 2.33. The molecule has 4 heteroatoms. The van der Waals surface area contributed by atoms with Crippen LogP contribution in [0.5, 0.6) is 5.75 Å². The average molecular weight is 271 g/mol. The Bertz CT molecular complexity index is 349. The standard InChI is InChI=1S/C14H19ClO3/c1-2-17-14(16)12-6-8-13(9-7-12)18-11-5-3-4-10-15/h6-9H,2-5,10-11H2,1H3. The summed E-state index contributed by atoms with van der Waals surface area (Å²) < 4.78 is 10.5. The quantitative estimate of drug-likeness (QED) is 0.411. The molecule has 1 rings (SSSR count). The molecule has 0 atom stereocenters. The van der Waals surface area contributed by atoms with Gasteiger partial charge in [-0.05, 0) is 50.5 Å². The Morgan fingerprint density at radius 1 is 1.17 bits per heavy atom. The minimum Gasteiger partial charge on any atom is -0.494 e. The lowest BCUT2D eigenvalue weighted by Crippen LogP contribution is -2.04. The van der Waals surface area contributed by atoms with Gasteiger partial charge in [0.05, 0.1) is 18.8 Å². The van der Waals surface area contributed by atoms with E-state index in [4.69, 9.17) is 21.1 Å². The molecule has 0 bridgehead atoms. The molecule has 0 saturated heterocycles. The van der Waals surface area contributed by atoms with Crippen LogP contribution in [0.15, 0.2) is 24.3 Å². The number of benzene rings is 1. The lowest BCUT2D eigenvalue weighted by atomic mass is 10.2. The van der Waals surface area contributed by atoms with Gasteiger partial charge >= 0.3 is 5.97 Å². The van der Waals surface area contributed by atoms with E-state index in [1.807, 2.05) is 0 Å². The highest BCUT2D eigenvalue weighted by Gasteiger charge is 2.05. The van der Waals surface area contributed by atoms with Crippen LogP contribution in [-0.2, 0) is 4.74 Å². The number of halogens is 1. The molecule has 0 aliphatic carbocycles. The smallest absolute Gasteiger partial charge is 0.338 e. The van der Waals surface area contributed by atoms with Crippen LogP contribution in [0.1, 0.15) is 36.5 Å². The number of alkyl halides is 1. The van der Waals surface area contributed by atoms with E-state index in [1.54, 1.807) is 31.2 Å². The molecule has 3 nitrogen and oxygen atoms in total. The lowest BCUT2D eigenvalue weighted by Gasteiger charge is -2.06. The molecular formula is C14H19ClO3. The summed E-state index contributed by atoms with van der Waals surface area (Å²) in [7, 11) is 0. The average Bonchev–Trinajstić information content (AvgIpc) is 2.39. The molecular weight excluding hydrogens is 252 g/mol. The molecule has 0 N–H and O–H groups in total. The number of ether oxygens (including phenoxy) is 2. The maximum Gasteiger partial charge on any atom is 0.338 e. The van der Waals surface area contributed by atoms with Crippen LogP contribution in [0.4, 0.5) is 0 Å². The van der Waals surface area contributed by atoms with E-state index in [2.05, 4.69) is 0 Å². The first-order chi connectivity index (χ1) is 8.77. The third-order valence-electron chi connectivity index (χ3n) is 2.41. The molecule has 0 aliphatic heterocycles. The summed E-state index contributed by atoms with van der Waals surface area (Å²) in [6, 6.07) is 7.00. The van der Waals surface area contributed by atoms with Gasteiger partial charge in [0.15, 0.2) is 0 Å². The Labute approximate surface area is 113 Å². The van der Waals surface area contributed by atoms with Crippen LogP contribution in [0.3, 0.4) is 0 Å². The van der Waals surface area contributed by atoms with Crippen LogP contribution < -0.4 is 4.74 Å². The summed E-state index contributed by atoms with van der Waals surface area (Å²) in [5, 5.41) is 0. The fourth-order valence-corrected chi connectivity index (χ4v) is 1.65. The summed E-state index contributed by atoms with van der Waals surface area (Å²) in [6.07, 6.45) is 3.09. The Morgan fingerprint density at radius 2 is 1.89 bits per heavy atom. The highest BCUT2D eigenvalue weighted by Crippen LogP contribution is 2.13. The van der Waals surface area contributed by atoms with Crippen LogP contribution in [0.25, 0.3) is 0 Å². The number of carbonyl (C=O) groups excluding carboxylic acids is 1. The van der Waals surface area contributed by atoms with Gasteiger partial charge in [-0.2, -0.15) is 0 Å². The van der Waals surface area contributed by atoms with Gasteiger partial charge in [-0.3, -0.25) is 0 Å². The summed E-state index contributed by atoms with van der Waals surface area (Å²) in [6.45, 7) is 2.85. The molecule has 100 valence electrons. The number of hydrogen-bond donors (Lipinski definition) is 0. The van der Waals surface area contributed by atoms with Crippen LogP contribution in [0.2, 0.25) is 0 Å². The van der Waals surface area contributed by atoms with Crippen molar-refractivity contribution in [1.82, 2.24) is 0 Å². The number of hydrogen-bond acceptors (Lipinski definition) is 3. The molecule has 0 amide bonds. The van der Waals surface area contributed by atoms with E-state index in [0.717, 1.165) is 25.0 Å². The first-order valence-electron chi connectivity index (χ1n) is 6.24. The van der Waals surface area contributed by atoms with Crippen molar-refractivity contribution < 1.29 is 14.3 Å². The van der Waals surface area contributed by atoms with Gasteiger partial charge in [-0.25, -0.2) is 4.79 Å².